The number of hydrogen-bond donors (Lipinski definition) is 2. The van der Waals surface area contributed by atoms with Gasteiger partial charge in [0.2, 0.25) is 0 Å². The summed E-state index contributed by atoms with van der Waals surface area (Å²) in [7, 11) is 0. The van der Waals surface area contributed by atoms with Gasteiger partial charge in [0.15, 0.2) is 5.96 Å². The van der Waals surface area contributed by atoms with Gasteiger partial charge in [-0.2, -0.15) is 0 Å². The summed E-state index contributed by atoms with van der Waals surface area (Å²) in [6.45, 7) is 10.2. The highest BCUT2D eigenvalue weighted by Gasteiger charge is 2.21. The zero-order valence-corrected chi connectivity index (χ0v) is 19.0. The molecule has 0 amide bonds. The van der Waals surface area contributed by atoms with Gasteiger partial charge in [-0.1, -0.05) is 29.3 Å². The lowest BCUT2D eigenvalue weighted by molar-refractivity contribution is 0.167. The Labute approximate surface area is 178 Å². The maximum Gasteiger partial charge on any atom is 0.191 e. The first kappa shape index (κ1) is 22.8. The highest BCUT2D eigenvalue weighted by Crippen LogP contribution is 2.21. The van der Waals surface area contributed by atoms with Crippen LogP contribution in [0.5, 0.6) is 0 Å². The third-order valence-electron chi connectivity index (χ3n) is 4.37. The van der Waals surface area contributed by atoms with E-state index in [0.717, 1.165) is 44.0 Å². The molecule has 2 N–H and O–H groups in total. The smallest absolute Gasteiger partial charge is 0.191 e. The summed E-state index contributed by atoms with van der Waals surface area (Å²) in [5.74, 6) is 0.853. The van der Waals surface area contributed by atoms with Crippen LogP contribution in [0.3, 0.4) is 0 Å². The number of halogens is 3. The summed E-state index contributed by atoms with van der Waals surface area (Å²) < 4.78 is 0. The van der Waals surface area contributed by atoms with Crippen LogP contribution in [0.1, 0.15) is 39.2 Å². The van der Waals surface area contributed by atoms with Crippen LogP contribution in [0, 0.1) is 0 Å². The number of nitrogens with one attached hydrogen (secondary N) is 2. The van der Waals surface area contributed by atoms with Crippen molar-refractivity contribution in [2.75, 3.05) is 19.6 Å². The van der Waals surface area contributed by atoms with Crippen molar-refractivity contribution in [3.05, 3.63) is 33.8 Å². The number of aliphatic imine (C=N–C) groups is 1. The highest BCUT2D eigenvalue weighted by molar-refractivity contribution is 14.0. The molecule has 0 aliphatic carbocycles. The van der Waals surface area contributed by atoms with Gasteiger partial charge in [-0.25, -0.2) is 4.99 Å². The first-order valence-electron chi connectivity index (χ1n) is 8.72. The van der Waals surface area contributed by atoms with Crippen molar-refractivity contribution in [2.24, 2.45) is 4.99 Å². The summed E-state index contributed by atoms with van der Waals surface area (Å²) in [6.07, 6.45) is 2.29. The number of piperidine rings is 1. The highest BCUT2D eigenvalue weighted by atomic mass is 127. The molecule has 1 aliphatic heterocycles. The van der Waals surface area contributed by atoms with E-state index in [1.54, 1.807) is 6.07 Å². The Hall–Kier alpha value is -0.240. The van der Waals surface area contributed by atoms with Crippen molar-refractivity contribution < 1.29 is 0 Å². The number of likely N-dealkylation sites (tertiary alicyclic amines) is 1. The topological polar surface area (TPSA) is 39.7 Å². The SMILES string of the molecule is CCNC(=NCc1ccc(Cl)cc1Cl)NC1CCN(C(C)C)CC1.I. The molecular weight excluding hydrogens is 470 g/mol. The van der Waals surface area contributed by atoms with Crippen LogP contribution in [0.15, 0.2) is 23.2 Å². The Balaban J connectivity index is 0.00000312. The van der Waals surface area contributed by atoms with E-state index in [1.807, 2.05) is 12.1 Å². The first-order valence-corrected chi connectivity index (χ1v) is 9.48. The van der Waals surface area contributed by atoms with Crippen molar-refractivity contribution in [1.29, 1.82) is 0 Å². The Morgan fingerprint density at radius 3 is 2.52 bits per heavy atom. The molecule has 0 spiro atoms. The molecule has 1 heterocycles. The van der Waals surface area contributed by atoms with Gasteiger partial charge in [0, 0.05) is 41.8 Å². The third-order valence-corrected chi connectivity index (χ3v) is 4.95. The van der Waals surface area contributed by atoms with Gasteiger partial charge in [-0.3, -0.25) is 0 Å². The van der Waals surface area contributed by atoms with E-state index in [4.69, 9.17) is 23.2 Å². The van der Waals surface area contributed by atoms with Crippen molar-refractivity contribution in [2.45, 2.75) is 52.2 Å². The molecule has 0 aromatic heterocycles. The number of nitrogens with zero attached hydrogens (tertiary/aromatic N) is 2. The molecule has 2 rings (SSSR count). The van der Waals surface area contributed by atoms with E-state index in [9.17, 15) is 0 Å². The Kier molecular flexibility index (Phi) is 10.5. The summed E-state index contributed by atoms with van der Waals surface area (Å²) in [6, 6.07) is 6.63. The van der Waals surface area contributed by atoms with Crippen molar-refractivity contribution in [1.82, 2.24) is 15.5 Å². The predicted octanol–water partition coefficient (Wildman–Crippen LogP) is 4.54. The second-order valence-electron chi connectivity index (χ2n) is 6.48. The molecule has 0 unspecified atom stereocenters. The minimum absolute atomic E-state index is 0. The van der Waals surface area contributed by atoms with E-state index in [2.05, 4.69) is 41.3 Å². The van der Waals surface area contributed by atoms with E-state index in [1.165, 1.54) is 0 Å². The monoisotopic (exact) mass is 498 g/mol. The Morgan fingerprint density at radius 1 is 1.28 bits per heavy atom. The quantitative estimate of drug-likeness (QED) is 0.355. The standard InChI is InChI=1S/C18H28Cl2N4.HI/c1-4-21-18(22-12-14-5-6-15(19)11-17(14)20)23-16-7-9-24(10-8-16)13(2)3;/h5-6,11,13,16H,4,7-10,12H2,1-3H3,(H2,21,22,23);1H. The van der Waals surface area contributed by atoms with E-state index in [0.29, 0.717) is 28.7 Å². The molecule has 0 radical (unpaired) electrons. The van der Waals surface area contributed by atoms with Gasteiger partial charge in [0.1, 0.15) is 0 Å². The molecule has 1 aromatic rings. The third kappa shape index (κ3) is 7.49. The number of guanidine groups is 1. The van der Waals surface area contributed by atoms with Gasteiger partial charge in [0.05, 0.1) is 6.54 Å². The molecule has 1 aliphatic rings. The van der Waals surface area contributed by atoms with Gasteiger partial charge in [0.25, 0.3) is 0 Å². The van der Waals surface area contributed by atoms with Gasteiger partial charge in [-0.15, -0.1) is 24.0 Å². The average Bonchev–Trinajstić information content (AvgIpc) is 2.54. The van der Waals surface area contributed by atoms with Crippen LogP contribution in [-0.4, -0.2) is 42.6 Å². The maximum atomic E-state index is 6.23. The van der Waals surface area contributed by atoms with Crippen molar-refractivity contribution >= 4 is 53.1 Å². The van der Waals surface area contributed by atoms with E-state index >= 15 is 0 Å². The molecule has 25 heavy (non-hydrogen) atoms. The van der Waals surface area contributed by atoms with Gasteiger partial charge < -0.3 is 15.5 Å². The lowest BCUT2D eigenvalue weighted by Gasteiger charge is -2.35. The lowest BCUT2D eigenvalue weighted by Crippen LogP contribution is -2.49. The van der Waals surface area contributed by atoms with Crippen LogP contribution in [0.25, 0.3) is 0 Å². The van der Waals surface area contributed by atoms with Gasteiger partial charge >= 0.3 is 0 Å². The summed E-state index contributed by atoms with van der Waals surface area (Å²) in [5, 5.41) is 8.19. The van der Waals surface area contributed by atoms with E-state index < -0.39 is 0 Å². The number of benzene rings is 1. The molecule has 7 heteroatoms. The first-order chi connectivity index (χ1) is 11.5. The largest absolute Gasteiger partial charge is 0.357 e. The lowest BCUT2D eigenvalue weighted by atomic mass is 10.0. The van der Waals surface area contributed by atoms with Crippen LogP contribution in [-0.2, 0) is 6.54 Å². The molecule has 0 bridgehead atoms. The molecular formula is C18H29Cl2IN4. The minimum Gasteiger partial charge on any atom is -0.357 e. The molecule has 0 atom stereocenters. The maximum absolute atomic E-state index is 6.23. The Bertz CT molecular complexity index is 558. The molecule has 0 saturated carbocycles. The fourth-order valence-electron chi connectivity index (χ4n) is 2.89. The fourth-order valence-corrected chi connectivity index (χ4v) is 3.36. The number of rotatable bonds is 5. The minimum atomic E-state index is 0. The molecule has 1 aromatic carbocycles. The van der Waals surface area contributed by atoms with Crippen molar-refractivity contribution in [3.63, 3.8) is 0 Å². The van der Waals surface area contributed by atoms with E-state index in [-0.39, 0.29) is 24.0 Å². The molecule has 142 valence electrons. The summed E-state index contributed by atoms with van der Waals surface area (Å²) >= 11 is 12.2. The number of hydrogen-bond acceptors (Lipinski definition) is 2. The zero-order valence-electron chi connectivity index (χ0n) is 15.2. The average molecular weight is 499 g/mol. The van der Waals surface area contributed by atoms with Gasteiger partial charge in [-0.05, 0) is 51.3 Å². The van der Waals surface area contributed by atoms with Crippen LogP contribution in [0.4, 0.5) is 0 Å². The predicted molar refractivity (Wildman–Crippen MR) is 120 cm³/mol. The van der Waals surface area contributed by atoms with Crippen LogP contribution >= 0.6 is 47.2 Å². The second kappa shape index (κ2) is 11.5. The van der Waals surface area contributed by atoms with Crippen molar-refractivity contribution in [3.8, 4) is 0 Å². The zero-order chi connectivity index (χ0) is 17.5. The molecule has 1 fully saturated rings. The molecule has 1 saturated heterocycles. The van der Waals surface area contributed by atoms with Crippen LogP contribution in [0.2, 0.25) is 10.0 Å². The Morgan fingerprint density at radius 2 is 1.96 bits per heavy atom. The molecule has 4 nitrogen and oxygen atoms in total. The van der Waals surface area contributed by atoms with Crippen LogP contribution < -0.4 is 10.6 Å². The summed E-state index contributed by atoms with van der Waals surface area (Å²) in [5.41, 5.74) is 0.980. The second-order valence-corrected chi connectivity index (χ2v) is 7.32. The fraction of sp³-hybridized carbons (Fsp3) is 0.611. The normalized spacial score (nSPS) is 16.6. The summed E-state index contributed by atoms with van der Waals surface area (Å²) in [4.78, 5) is 7.20.